The van der Waals surface area contributed by atoms with E-state index in [1.165, 1.54) is 19.3 Å². The molecule has 2 heterocycles. The molecular formula is C29H38N4O4. The van der Waals surface area contributed by atoms with Gasteiger partial charge in [0.15, 0.2) is 5.96 Å². The summed E-state index contributed by atoms with van der Waals surface area (Å²) in [4.78, 5) is 21.5. The highest BCUT2D eigenvalue weighted by Gasteiger charge is 2.35. The van der Waals surface area contributed by atoms with Gasteiger partial charge < -0.3 is 29.7 Å². The Hall–Kier alpha value is -3.26. The summed E-state index contributed by atoms with van der Waals surface area (Å²) < 4.78 is 17.8. The zero-order valence-corrected chi connectivity index (χ0v) is 21.7. The van der Waals surface area contributed by atoms with E-state index in [0.29, 0.717) is 19.1 Å². The molecule has 8 heteroatoms. The fourth-order valence-corrected chi connectivity index (χ4v) is 5.65. The first kappa shape index (κ1) is 25.4. The minimum atomic E-state index is -0.264. The molecule has 2 aromatic carbocycles. The molecule has 2 aromatic rings. The van der Waals surface area contributed by atoms with Gasteiger partial charge in [-0.05, 0) is 56.0 Å². The maximum atomic E-state index is 13.0. The number of benzene rings is 2. The number of nitrogens with zero attached hydrogens (tertiary/aromatic N) is 3. The second-order valence-corrected chi connectivity index (χ2v) is 10.3. The van der Waals surface area contributed by atoms with Crippen molar-refractivity contribution >= 4 is 17.7 Å². The van der Waals surface area contributed by atoms with Crippen molar-refractivity contribution < 1.29 is 19.0 Å². The summed E-state index contributed by atoms with van der Waals surface area (Å²) in [6.07, 6.45) is 7.38. The minimum absolute atomic E-state index is 0.125. The van der Waals surface area contributed by atoms with Crippen LogP contribution in [0.3, 0.4) is 0 Å². The molecule has 0 radical (unpaired) electrons. The number of fused-ring (bicyclic) bond motifs is 1. The van der Waals surface area contributed by atoms with Gasteiger partial charge in [-0.2, -0.15) is 0 Å². The van der Waals surface area contributed by atoms with Crippen LogP contribution in [0.1, 0.15) is 50.5 Å². The van der Waals surface area contributed by atoms with E-state index in [1.807, 2.05) is 55.6 Å². The standard InChI is InChI=1S/C29H38N4O4/c1-32(23-10-4-2-5-11-23)29(34)36-20-27(21-9-8-16-35-19-21)33-18-22-17-25(14-15-26(22)31-28(33)30)37-24-12-6-3-7-13-24/h3,6-7,12-15,17,21,23,27H,2,4-5,8-11,16,18-20H2,1H3,(H2,30,31)/t21?,27-/m0/s1. The zero-order chi connectivity index (χ0) is 25.6. The van der Waals surface area contributed by atoms with E-state index < -0.39 is 0 Å². The maximum absolute atomic E-state index is 13.0. The zero-order valence-electron chi connectivity index (χ0n) is 21.7. The first-order valence-electron chi connectivity index (χ1n) is 13.5. The lowest BCUT2D eigenvalue weighted by Gasteiger charge is -2.41. The fraction of sp³-hybridized carbons (Fsp3) is 0.517. The maximum Gasteiger partial charge on any atom is 0.409 e. The lowest BCUT2D eigenvalue weighted by Crippen LogP contribution is -2.53. The largest absolute Gasteiger partial charge is 0.457 e. The second kappa shape index (κ2) is 11.9. The molecule has 2 N–H and O–H groups in total. The number of aliphatic imine (C=N–C) groups is 1. The van der Waals surface area contributed by atoms with Crippen LogP contribution in [-0.2, 0) is 16.0 Å². The summed E-state index contributed by atoms with van der Waals surface area (Å²) in [6, 6.07) is 15.7. The number of amides is 1. The topological polar surface area (TPSA) is 89.6 Å². The Balaban J connectivity index is 1.31. The van der Waals surface area contributed by atoms with Crippen molar-refractivity contribution in [1.82, 2.24) is 9.80 Å². The van der Waals surface area contributed by atoms with E-state index in [9.17, 15) is 4.79 Å². The van der Waals surface area contributed by atoms with Crippen LogP contribution >= 0.6 is 0 Å². The van der Waals surface area contributed by atoms with Crippen LogP contribution in [-0.4, -0.2) is 60.8 Å². The van der Waals surface area contributed by atoms with Crippen molar-refractivity contribution in [2.45, 2.75) is 63.6 Å². The lowest BCUT2D eigenvalue weighted by atomic mass is 9.92. The van der Waals surface area contributed by atoms with Gasteiger partial charge in [-0.25, -0.2) is 9.79 Å². The Labute approximate surface area is 219 Å². The van der Waals surface area contributed by atoms with Gasteiger partial charge in [-0.15, -0.1) is 0 Å². The average molecular weight is 507 g/mol. The van der Waals surface area contributed by atoms with E-state index >= 15 is 0 Å². The Morgan fingerprint density at radius 1 is 1.11 bits per heavy atom. The van der Waals surface area contributed by atoms with Crippen molar-refractivity contribution in [2.24, 2.45) is 16.6 Å². The van der Waals surface area contributed by atoms with Gasteiger partial charge in [0.25, 0.3) is 0 Å². The van der Waals surface area contributed by atoms with Crippen molar-refractivity contribution in [3.05, 3.63) is 54.1 Å². The van der Waals surface area contributed by atoms with Crippen LogP contribution in [0.15, 0.2) is 53.5 Å². The number of rotatable bonds is 7. The normalized spacial score (nSPS) is 20.9. The summed E-state index contributed by atoms with van der Waals surface area (Å²) in [7, 11) is 1.86. The smallest absolute Gasteiger partial charge is 0.409 e. The quantitative estimate of drug-likeness (QED) is 0.538. The molecule has 0 bridgehead atoms. The first-order chi connectivity index (χ1) is 18.1. The lowest BCUT2D eigenvalue weighted by molar-refractivity contribution is -0.00294. The van der Waals surface area contributed by atoms with Crippen LogP contribution in [0.25, 0.3) is 0 Å². The Morgan fingerprint density at radius 2 is 1.92 bits per heavy atom. The van der Waals surface area contributed by atoms with Gasteiger partial charge in [0.05, 0.1) is 18.3 Å². The molecule has 1 saturated heterocycles. The third-order valence-electron chi connectivity index (χ3n) is 7.83. The van der Waals surface area contributed by atoms with E-state index in [4.69, 9.17) is 24.9 Å². The fourth-order valence-electron chi connectivity index (χ4n) is 5.65. The van der Waals surface area contributed by atoms with Crippen molar-refractivity contribution in [2.75, 3.05) is 26.9 Å². The number of ether oxygens (including phenoxy) is 3. The van der Waals surface area contributed by atoms with Crippen LogP contribution in [0.4, 0.5) is 10.5 Å². The number of nitrogens with two attached hydrogens (primary N) is 1. The number of guanidine groups is 1. The first-order valence-corrected chi connectivity index (χ1v) is 13.5. The molecule has 2 fully saturated rings. The molecule has 1 saturated carbocycles. The van der Waals surface area contributed by atoms with Gasteiger partial charge in [0.1, 0.15) is 18.1 Å². The predicted molar refractivity (Wildman–Crippen MR) is 143 cm³/mol. The molecule has 198 valence electrons. The number of hydrogen-bond acceptors (Lipinski definition) is 7. The SMILES string of the molecule is CN(C(=O)OC[C@@H](C1CCCOC1)N1Cc2cc(Oc3ccccc3)ccc2N=C1N)C1CCCCC1. The van der Waals surface area contributed by atoms with E-state index in [0.717, 1.165) is 55.0 Å². The summed E-state index contributed by atoms with van der Waals surface area (Å²) >= 11 is 0. The molecule has 1 aliphatic carbocycles. The van der Waals surface area contributed by atoms with Gasteiger partial charge in [0.2, 0.25) is 0 Å². The number of para-hydroxylation sites is 1. The molecule has 1 amide bonds. The molecule has 8 nitrogen and oxygen atoms in total. The Bertz CT molecular complexity index is 1080. The summed E-state index contributed by atoms with van der Waals surface area (Å²) in [5.74, 6) is 2.17. The van der Waals surface area contributed by atoms with Crippen LogP contribution in [0.2, 0.25) is 0 Å². The summed E-state index contributed by atoms with van der Waals surface area (Å²) in [6.45, 7) is 2.19. The molecule has 0 aromatic heterocycles. The molecule has 1 unspecified atom stereocenters. The van der Waals surface area contributed by atoms with Crippen LogP contribution in [0, 0.1) is 5.92 Å². The molecule has 3 aliphatic rings. The van der Waals surface area contributed by atoms with E-state index in [2.05, 4.69) is 4.90 Å². The number of hydrogen-bond donors (Lipinski definition) is 1. The molecule has 2 atom stereocenters. The molecule has 37 heavy (non-hydrogen) atoms. The summed E-state index contributed by atoms with van der Waals surface area (Å²) in [5.41, 5.74) is 8.36. The van der Waals surface area contributed by atoms with Gasteiger partial charge >= 0.3 is 6.09 Å². The third kappa shape index (κ3) is 6.18. The third-order valence-corrected chi connectivity index (χ3v) is 7.83. The van der Waals surface area contributed by atoms with E-state index in [1.54, 1.807) is 4.90 Å². The molecule has 0 spiro atoms. The van der Waals surface area contributed by atoms with E-state index in [-0.39, 0.29) is 30.7 Å². The van der Waals surface area contributed by atoms with Gasteiger partial charge in [-0.3, -0.25) is 0 Å². The predicted octanol–water partition coefficient (Wildman–Crippen LogP) is 5.44. The van der Waals surface area contributed by atoms with Gasteiger partial charge in [0, 0.05) is 37.7 Å². The molecule has 2 aliphatic heterocycles. The Kier molecular flexibility index (Phi) is 8.14. The van der Waals surface area contributed by atoms with Gasteiger partial charge in [-0.1, -0.05) is 37.5 Å². The Morgan fingerprint density at radius 3 is 2.68 bits per heavy atom. The highest BCUT2D eigenvalue weighted by molar-refractivity contribution is 5.84. The van der Waals surface area contributed by atoms with Crippen LogP contribution in [0.5, 0.6) is 11.5 Å². The van der Waals surface area contributed by atoms with Crippen molar-refractivity contribution in [3.8, 4) is 11.5 Å². The molecular weight excluding hydrogens is 468 g/mol. The monoisotopic (exact) mass is 506 g/mol. The highest BCUT2D eigenvalue weighted by atomic mass is 16.6. The number of carbonyl (C=O) groups is 1. The van der Waals surface area contributed by atoms with Crippen LogP contribution < -0.4 is 10.5 Å². The minimum Gasteiger partial charge on any atom is -0.457 e. The number of carbonyl (C=O) groups excluding carboxylic acids is 1. The second-order valence-electron chi connectivity index (χ2n) is 10.3. The highest BCUT2D eigenvalue weighted by Crippen LogP contribution is 2.34. The van der Waals surface area contributed by atoms with Crippen molar-refractivity contribution in [3.63, 3.8) is 0 Å². The summed E-state index contributed by atoms with van der Waals surface area (Å²) in [5, 5.41) is 0. The molecule has 5 rings (SSSR count). The van der Waals surface area contributed by atoms with Crippen molar-refractivity contribution in [1.29, 1.82) is 0 Å². The average Bonchev–Trinajstić information content (AvgIpc) is 2.94.